The molecule has 0 radical (unpaired) electrons. The summed E-state index contributed by atoms with van der Waals surface area (Å²) in [5.74, 6) is 3.30. The quantitative estimate of drug-likeness (QED) is 0.606. The molecule has 2 heteroatoms. The van der Waals surface area contributed by atoms with Gasteiger partial charge in [0.25, 0.3) is 0 Å². The maximum absolute atomic E-state index is 3.74. The zero-order valence-corrected chi connectivity index (χ0v) is 9.99. The molecule has 1 nitrogen and oxygen atoms in total. The van der Waals surface area contributed by atoms with E-state index in [4.69, 9.17) is 0 Å². The molecule has 0 fully saturated rings. The summed E-state index contributed by atoms with van der Waals surface area (Å²) in [6.45, 7) is 8.28. The lowest BCUT2D eigenvalue weighted by molar-refractivity contribution is 0.578. The van der Waals surface area contributed by atoms with Crippen molar-refractivity contribution in [2.24, 2.45) is 5.92 Å². The summed E-state index contributed by atoms with van der Waals surface area (Å²) in [5.41, 5.74) is 0. The molecule has 78 valence electrons. The van der Waals surface area contributed by atoms with E-state index in [-0.39, 0.29) is 0 Å². The van der Waals surface area contributed by atoms with Gasteiger partial charge < -0.3 is 5.32 Å². The van der Waals surface area contributed by atoms with Crippen LogP contribution in [0.3, 0.4) is 0 Å². The van der Waals surface area contributed by atoms with E-state index in [9.17, 15) is 0 Å². The van der Waals surface area contributed by atoms with E-state index in [1.807, 2.05) is 24.9 Å². The topological polar surface area (TPSA) is 12.0 Å². The van der Waals surface area contributed by atoms with Crippen molar-refractivity contribution in [3.05, 3.63) is 12.7 Å². The minimum atomic E-state index is 0.654. The molecule has 0 aromatic carbocycles. The van der Waals surface area contributed by atoms with Gasteiger partial charge in [0.1, 0.15) is 0 Å². The number of hydrogen-bond acceptors (Lipinski definition) is 2. The Morgan fingerprint density at radius 1 is 1.38 bits per heavy atom. The largest absolute Gasteiger partial charge is 0.316 e. The minimum absolute atomic E-state index is 0.654. The molecule has 13 heavy (non-hydrogen) atoms. The van der Waals surface area contributed by atoms with Crippen molar-refractivity contribution in [3.63, 3.8) is 0 Å². The van der Waals surface area contributed by atoms with Crippen LogP contribution in [0.5, 0.6) is 0 Å². The Balaban J connectivity index is 3.41. The second-order valence-electron chi connectivity index (χ2n) is 3.78. The van der Waals surface area contributed by atoms with E-state index in [1.54, 1.807) is 0 Å². The van der Waals surface area contributed by atoms with Gasteiger partial charge >= 0.3 is 0 Å². The normalized spacial score (nSPS) is 13.2. The van der Waals surface area contributed by atoms with Gasteiger partial charge in [0.2, 0.25) is 0 Å². The minimum Gasteiger partial charge on any atom is -0.316 e. The van der Waals surface area contributed by atoms with Crippen LogP contribution < -0.4 is 5.32 Å². The average molecular weight is 201 g/mol. The summed E-state index contributed by atoms with van der Waals surface area (Å²) >= 11 is 2.05. The molecule has 0 aliphatic heterocycles. The molecule has 0 aromatic heterocycles. The van der Waals surface area contributed by atoms with Gasteiger partial charge in [0.05, 0.1) is 0 Å². The van der Waals surface area contributed by atoms with Crippen LogP contribution in [-0.4, -0.2) is 24.6 Å². The Morgan fingerprint density at radius 3 is 2.54 bits per heavy atom. The van der Waals surface area contributed by atoms with Gasteiger partial charge in [0, 0.05) is 11.8 Å². The van der Waals surface area contributed by atoms with Crippen molar-refractivity contribution in [1.82, 2.24) is 5.32 Å². The summed E-state index contributed by atoms with van der Waals surface area (Å²) in [7, 11) is 2.05. The fraction of sp³-hybridized carbons (Fsp3) is 0.818. The third-order valence-corrected chi connectivity index (χ3v) is 3.44. The van der Waals surface area contributed by atoms with Crippen LogP contribution in [0.1, 0.15) is 26.7 Å². The van der Waals surface area contributed by atoms with E-state index in [0.29, 0.717) is 6.04 Å². The zero-order valence-electron chi connectivity index (χ0n) is 9.18. The highest BCUT2D eigenvalue weighted by Crippen LogP contribution is 2.11. The number of allylic oxidation sites excluding steroid dienone is 1. The summed E-state index contributed by atoms with van der Waals surface area (Å²) in [6.07, 6.45) is 4.33. The van der Waals surface area contributed by atoms with Gasteiger partial charge in [-0.05, 0) is 31.6 Å². The molecule has 0 aromatic rings. The molecule has 1 N–H and O–H groups in total. The van der Waals surface area contributed by atoms with Crippen molar-refractivity contribution >= 4 is 11.8 Å². The molecule has 0 saturated heterocycles. The molecule has 1 atom stereocenters. The Bertz CT molecular complexity index is 123. The van der Waals surface area contributed by atoms with Crippen LogP contribution in [0.15, 0.2) is 12.7 Å². The van der Waals surface area contributed by atoms with Crippen LogP contribution in [-0.2, 0) is 0 Å². The molecule has 1 unspecified atom stereocenters. The van der Waals surface area contributed by atoms with Gasteiger partial charge in [-0.15, -0.1) is 6.58 Å². The molecule has 0 rings (SSSR count). The number of hydrogen-bond donors (Lipinski definition) is 1. The first-order chi connectivity index (χ1) is 6.20. The first-order valence-corrected chi connectivity index (χ1v) is 6.22. The second-order valence-corrected chi connectivity index (χ2v) is 4.86. The Hall–Kier alpha value is 0.0500. The Morgan fingerprint density at radius 2 is 2.08 bits per heavy atom. The SMILES string of the molecule is C=CCCC(CSCC(C)C)NC. The molecule has 0 bridgehead atoms. The number of thioether (sulfide) groups is 1. The molecule has 0 heterocycles. The van der Waals surface area contributed by atoms with Gasteiger partial charge in [-0.1, -0.05) is 19.9 Å². The highest BCUT2D eigenvalue weighted by atomic mass is 32.2. The van der Waals surface area contributed by atoms with Crippen LogP contribution in [0.25, 0.3) is 0 Å². The molecular formula is C11H23NS. The van der Waals surface area contributed by atoms with Crippen molar-refractivity contribution in [2.45, 2.75) is 32.7 Å². The second kappa shape index (κ2) is 8.64. The van der Waals surface area contributed by atoms with Crippen molar-refractivity contribution in [2.75, 3.05) is 18.6 Å². The standard InChI is InChI=1S/C11H23NS/c1-5-6-7-11(12-4)9-13-8-10(2)3/h5,10-12H,1,6-9H2,2-4H3. The zero-order chi connectivity index (χ0) is 10.1. The smallest absolute Gasteiger partial charge is 0.0158 e. The summed E-state index contributed by atoms with van der Waals surface area (Å²) in [5, 5.41) is 3.34. The van der Waals surface area contributed by atoms with E-state index >= 15 is 0 Å². The molecular weight excluding hydrogens is 178 g/mol. The first kappa shape index (κ1) is 13.1. The van der Waals surface area contributed by atoms with Crippen molar-refractivity contribution in [1.29, 1.82) is 0 Å². The Kier molecular flexibility index (Phi) is 8.67. The maximum atomic E-state index is 3.74. The van der Waals surface area contributed by atoms with Crippen LogP contribution in [0.4, 0.5) is 0 Å². The lowest BCUT2D eigenvalue weighted by atomic mass is 10.2. The van der Waals surface area contributed by atoms with E-state index in [1.165, 1.54) is 17.9 Å². The highest BCUT2D eigenvalue weighted by molar-refractivity contribution is 7.99. The van der Waals surface area contributed by atoms with Gasteiger partial charge in [-0.2, -0.15) is 11.8 Å². The summed E-state index contributed by atoms with van der Waals surface area (Å²) < 4.78 is 0. The first-order valence-electron chi connectivity index (χ1n) is 5.06. The molecule has 0 amide bonds. The third kappa shape index (κ3) is 8.38. The van der Waals surface area contributed by atoms with E-state index < -0.39 is 0 Å². The van der Waals surface area contributed by atoms with Gasteiger partial charge in [0.15, 0.2) is 0 Å². The molecule has 0 spiro atoms. The van der Waals surface area contributed by atoms with Crippen LogP contribution >= 0.6 is 11.8 Å². The highest BCUT2D eigenvalue weighted by Gasteiger charge is 2.04. The lowest BCUT2D eigenvalue weighted by Crippen LogP contribution is -2.27. The predicted molar refractivity (Wildman–Crippen MR) is 64.4 cm³/mol. The van der Waals surface area contributed by atoms with Crippen molar-refractivity contribution in [3.8, 4) is 0 Å². The summed E-state index contributed by atoms with van der Waals surface area (Å²) in [4.78, 5) is 0. The van der Waals surface area contributed by atoms with Gasteiger partial charge in [-0.25, -0.2) is 0 Å². The average Bonchev–Trinajstić information content (AvgIpc) is 2.10. The molecule has 0 aliphatic carbocycles. The van der Waals surface area contributed by atoms with E-state index in [2.05, 4.69) is 25.7 Å². The van der Waals surface area contributed by atoms with Crippen LogP contribution in [0, 0.1) is 5.92 Å². The Labute approximate surface area is 87.4 Å². The van der Waals surface area contributed by atoms with Gasteiger partial charge in [-0.3, -0.25) is 0 Å². The fourth-order valence-electron chi connectivity index (χ4n) is 1.08. The third-order valence-electron chi connectivity index (χ3n) is 1.90. The maximum Gasteiger partial charge on any atom is 0.0158 e. The monoisotopic (exact) mass is 201 g/mol. The lowest BCUT2D eigenvalue weighted by Gasteiger charge is -2.15. The van der Waals surface area contributed by atoms with E-state index in [0.717, 1.165) is 12.3 Å². The van der Waals surface area contributed by atoms with Crippen LogP contribution in [0.2, 0.25) is 0 Å². The number of rotatable bonds is 8. The molecule has 0 aliphatic rings. The fourth-order valence-corrected chi connectivity index (χ4v) is 2.30. The summed E-state index contributed by atoms with van der Waals surface area (Å²) in [6, 6.07) is 0.654. The number of nitrogens with one attached hydrogen (secondary N) is 1. The molecule has 0 saturated carbocycles. The predicted octanol–water partition coefficient (Wildman–Crippen LogP) is 2.93. The van der Waals surface area contributed by atoms with Crippen molar-refractivity contribution < 1.29 is 0 Å².